The van der Waals surface area contributed by atoms with Crippen LogP contribution in [0, 0.1) is 10.5 Å². The van der Waals surface area contributed by atoms with Crippen LogP contribution in [0.3, 0.4) is 0 Å². The van der Waals surface area contributed by atoms with Crippen LogP contribution < -0.4 is 0 Å². The number of rotatable bonds is 5. The SMILES string of the molecule is Cc1cc(Cl)ccc1C(CC(=O)O)Cc1nc2ccc(I)cc2[nH]1.Cl. The molecule has 7 heteroatoms. The Hall–Kier alpha value is -1.31. The minimum Gasteiger partial charge on any atom is -0.481 e. The van der Waals surface area contributed by atoms with Gasteiger partial charge in [0.25, 0.3) is 0 Å². The van der Waals surface area contributed by atoms with Crippen molar-refractivity contribution in [1.29, 1.82) is 0 Å². The topological polar surface area (TPSA) is 66.0 Å². The molecule has 0 fully saturated rings. The van der Waals surface area contributed by atoms with E-state index in [0.29, 0.717) is 11.4 Å². The predicted molar refractivity (Wildman–Crippen MR) is 111 cm³/mol. The summed E-state index contributed by atoms with van der Waals surface area (Å²) in [6.45, 7) is 1.96. The number of halogens is 3. The molecule has 0 aliphatic carbocycles. The molecule has 0 saturated carbocycles. The van der Waals surface area contributed by atoms with Crippen LogP contribution in [-0.2, 0) is 11.2 Å². The number of fused-ring (bicyclic) bond motifs is 1. The summed E-state index contributed by atoms with van der Waals surface area (Å²) in [5, 5.41) is 9.94. The van der Waals surface area contributed by atoms with Gasteiger partial charge in [0.2, 0.25) is 0 Å². The highest BCUT2D eigenvalue weighted by Crippen LogP contribution is 2.29. The van der Waals surface area contributed by atoms with Gasteiger partial charge in [-0.2, -0.15) is 0 Å². The molecule has 3 aromatic rings. The highest BCUT2D eigenvalue weighted by atomic mass is 127. The van der Waals surface area contributed by atoms with Gasteiger partial charge in [-0.25, -0.2) is 4.98 Å². The van der Waals surface area contributed by atoms with Crippen molar-refractivity contribution < 1.29 is 9.90 Å². The molecular formula is C18H17Cl2IN2O2. The van der Waals surface area contributed by atoms with E-state index in [1.165, 1.54) is 0 Å². The zero-order chi connectivity index (χ0) is 17.3. The van der Waals surface area contributed by atoms with E-state index in [1.54, 1.807) is 6.07 Å². The fourth-order valence-corrected chi connectivity index (χ4v) is 3.68. The molecule has 1 unspecified atom stereocenters. The molecular weight excluding hydrogens is 474 g/mol. The lowest BCUT2D eigenvalue weighted by Crippen LogP contribution is -2.11. The van der Waals surface area contributed by atoms with E-state index in [0.717, 1.165) is 31.6 Å². The van der Waals surface area contributed by atoms with E-state index < -0.39 is 5.97 Å². The van der Waals surface area contributed by atoms with Crippen molar-refractivity contribution in [3.05, 3.63) is 61.9 Å². The number of carboxylic acid groups (broad SMARTS) is 1. The first-order valence-corrected chi connectivity index (χ1v) is 9.00. The minimum atomic E-state index is -0.819. The van der Waals surface area contributed by atoms with Crippen molar-refractivity contribution in [3.63, 3.8) is 0 Å². The van der Waals surface area contributed by atoms with Crippen LogP contribution >= 0.6 is 46.6 Å². The zero-order valence-electron chi connectivity index (χ0n) is 13.4. The van der Waals surface area contributed by atoms with Crippen LogP contribution in [-0.4, -0.2) is 21.0 Å². The van der Waals surface area contributed by atoms with Gasteiger partial charge in [-0.15, -0.1) is 12.4 Å². The van der Waals surface area contributed by atoms with Crippen LogP contribution in [0.15, 0.2) is 36.4 Å². The molecule has 0 aliphatic heterocycles. The molecule has 1 aromatic heterocycles. The number of aliphatic carboxylic acids is 1. The van der Waals surface area contributed by atoms with Gasteiger partial charge in [0.05, 0.1) is 17.5 Å². The van der Waals surface area contributed by atoms with Gasteiger partial charge in [0.15, 0.2) is 0 Å². The van der Waals surface area contributed by atoms with Crippen LogP contribution in [0.4, 0.5) is 0 Å². The van der Waals surface area contributed by atoms with E-state index in [-0.39, 0.29) is 24.7 Å². The van der Waals surface area contributed by atoms with Crippen molar-refractivity contribution >= 4 is 63.6 Å². The minimum absolute atomic E-state index is 0. The van der Waals surface area contributed by atoms with Crippen LogP contribution in [0.5, 0.6) is 0 Å². The van der Waals surface area contributed by atoms with E-state index in [4.69, 9.17) is 11.6 Å². The number of carbonyl (C=O) groups is 1. The summed E-state index contributed by atoms with van der Waals surface area (Å²) < 4.78 is 1.13. The third-order valence-corrected chi connectivity index (χ3v) is 4.93. The molecule has 2 aromatic carbocycles. The number of aromatic amines is 1. The maximum Gasteiger partial charge on any atom is 0.303 e. The first-order chi connectivity index (χ1) is 11.4. The highest BCUT2D eigenvalue weighted by Gasteiger charge is 2.20. The first kappa shape index (κ1) is 20.0. The van der Waals surface area contributed by atoms with Gasteiger partial charge in [0.1, 0.15) is 5.82 Å². The monoisotopic (exact) mass is 490 g/mol. The second-order valence-electron chi connectivity index (χ2n) is 5.84. The number of aryl methyl sites for hydroxylation is 1. The molecule has 1 atom stereocenters. The second-order valence-corrected chi connectivity index (χ2v) is 7.53. The first-order valence-electron chi connectivity index (χ1n) is 7.54. The van der Waals surface area contributed by atoms with Crippen LogP contribution in [0.25, 0.3) is 11.0 Å². The molecule has 3 rings (SSSR count). The largest absolute Gasteiger partial charge is 0.481 e. The number of hydrogen-bond donors (Lipinski definition) is 2. The number of carboxylic acids is 1. The molecule has 0 bridgehead atoms. The molecule has 132 valence electrons. The lowest BCUT2D eigenvalue weighted by molar-refractivity contribution is -0.137. The average molecular weight is 491 g/mol. The Morgan fingerprint density at radius 1 is 1.32 bits per heavy atom. The Labute approximate surface area is 170 Å². The fraction of sp³-hybridized carbons (Fsp3) is 0.222. The van der Waals surface area contributed by atoms with Gasteiger partial charge < -0.3 is 10.1 Å². The zero-order valence-corrected chi connectivity index (χ0v) is 17.2. The summed E-state index contributed by atoms with van der Waals surface area (Å²) in [4.78, 5) is 19.2. The molecule has 0 radical (unpaired) electrons. The summed E-state index contributed by atoms with van der Waals surface area (Å²) in [7, 11) is 0. The number of hydrogen-bond acceptors (Lipinski definition) is 2. The number of H-pyrrole nitrogens is 1. The van der Waals surface area contributed by atoms with Crippen molar-refractivity contribution in [2.24, 2.45) is 0 Å². The highest BCUT2D eigenvalue weighted by molar-refractivity contribution is 14.1. The molecule has 2 N–H and O–H groups in total. The third kappa shape index (κ3) is 4.86. The number of aromatic nitrogens is 2. The van der Waals surface area contributed by atoms with E-state index in [1.807, 2.05) is 37.3 Å². The summed E-state index contributed by atoms with van der Waals surface area (Å²) in [5.74, 6) is -0.174. The Bertz CT molecular complexity index is 911. The van der Waals surface area contributed by atoms with Crippen molar-refractivity contribution in [2.75, 3.05) is 0 Å². The van der Waals surface area contributed by atoms with E-state index in [2.05, 4.69) is 32.6 Å². The van der Waals surface area contributed by atoms with Gasteiger partial charge in [0, 0.05) is 20.9 Å². The summed E-state index contributed by atoms with van der Waals surface area (Å²) in [6.07, 6.45) is 0.594. The smallest absolute Gasteiger partial charge is 0.303 e. The number of nitrogens with zero attached hydrogens (tertiary/aromatic N) is 1. The molecule has 0 aliphatic rings. The number of imidazole rings is 1. The average Bonchev–Trinajstić information content (AvgIpc) is 2.87. The van der Waals surface area contributed by atoms with Crippen molar-refractivity contribution in [3.8, 4) is 0 Å². The summed E-state index contributed by atoms with van der Waals surface area (Å²) in [5.41, 5.74) is 3.86. The van der Waals surface area contributed by atoms with Gasteiger partial charge in [-0.1, -0.05) is 17.7 Å². The quantitative estimate of drug-likeness (QED) is 0.473. The second kappa shape index (κ2) is 8.38. The Morgan fingerprint density at radius 3 is 2.76 bits per heavy atom. The van der Waals surface area contributed by atoms with Gasteiger partial charge in [-0.3, -0.25) is 4.79 Å². The Kier molecular flexibility index (Phi) is 6.71. The predicted octanol–water partition coefficient (Wildman–Crippen LogP) is 5.35. The normalized spacial score (nSPS) is 12.0. The molecule has 1 heterocycles. The van der Waals surface area contributed by atoms with E-state index >= 15 is 0 Å². The van der Waals surface area contributed by atoms with Crippen LogP contribution in [0.2, 0.25) is 5.02 Å². The van der Waals surface area contributed by atoms with E-state index in [9.17, 15) is 9.90 Å². The number of nitrogens with one attached hydrogen (secondary N) is 1. The molecule has 0 spiro atoms. The fourth-order valence-electron chi connectivity index (χ4n) is 2.96. The van der Waals surface area contributed by atoms with Gasteiger partial charge >= 0.3 is 5.97 Å². The van der Waals surface area contributed by atoms with Gasteiger partial charge in [-0.05, 0) is 71.0 Å². The standard InChI is InChI=1S/C18H16ClIN2O2.ClH/c1-10-6-12(19)2-4-14(10)11(8-18(23)24)7-17-21-15-5-3-13(20)9-16(15)22-17;/h2-6,9,11H,7-8H2,1H3,(H,21,22)(H,23,24);1H. The molecule has 25 heavy (non-hydrogen) atoms. The summed E-state index contributed by atoms with van der Waals surface area (Å²) in [6, 6.07) is 11.6. The Balaban J connectivity index is 0.00000225. The van der Waals surface area contributed by atoms with Crippen molar-refractivity contribution in [1.82, 2.24) is 9.97 Å². The van der Waals surface area contributed by atoms with Crippen LogP contribution in [0.1, 0.15) is 29.3 Å². The lowest BCUT2D eigenvalue weighted by atomic mass is 9.89. The Morgan fingerprint density at radius 2 is 2.08 bits per heavy atom. The van der Waals surface area contributed by atoms with Crippen molar-refractivity contribution in [2.45, 2.75) is 25.7 Å². The molecule has 0 amide bonds. The molecule has 4 nitrogen and oxygen atoms in total. The number of benzene rings is 2. The molecule has 0 saturated heterocycles. The lowest BCUT2D eigenvalue weighted by Gasteiger charge is -2.17. The summed E-state index contributed by atoms with van der Waals surface area (Å²) >= 11 is 8.28. The maximum absolute atomic E-state index is 11.3. The third-order valence-electron chi connectivity index (χ3n) is 4.03. The maximum atomic E-state index is 11.3.